The van der Waals surface area contributed by atoms with Crippen molar-refractivity contribution < 1.29 is 9.53 Å². The fourth-order valence-corrected chi connectivity index (χ4v) is 3.65. The molecule has 0 N–H and O–H groups in total. The minimum Gasteiger partial charge on any atom is -0.472 e. The standard InChI is InChI=1S/C21H23N3O2/c1-15-6-5-9-20(22-15)26-17-10-11-24(14-17)21(25)12-16-13-23(2)19-8-4-3-7-18(16)19/h3-9,13,17H,10-12,14H2,1-2H3. The van der Waals surface area contributed by atoms with Crippen LogP contribution in [0.3, 0.4) is 0 Å². The summed E-state index contributed by atoms with van der Waals surface area (Å²) in [4.78, 5) is 19.1. The minimum atomic E-state index is 0.0146. The molecule has 5 heteroatoms. The topological polar surface area (TPSA) is 47.4 Å². The van der Waals surface area contributed by atoms with Crippen molar-refractivity contribution in [2.75, 3.05) is 13.1 Å². The van der Waals surface area contributed by atoms with Gasteiger partial charge in [-0.25, -0.2) is 4.98 Å². The van der Waals surface area contributed by atoms with Crippen molar-refractivity contribution in [3.63, 3.8) is 0 Å². The van der Waals surface area contributed by atoms with Gasteiger partial charge in [-0.15, -0.1) is 0 Å². The Bertz CT molecular complexity index is 947. The molecule has 3 aromatic rings. The third-order valence-electron chi connectivity index (χ3n) is 4.97. The van der Waals surface area contributed by atoms with Gasteiger partial charge in [0.25, 0.3) is 0 Å². The van der Waals surface area contributed by atoms with E-state index >= 15 is 0 Å². The molecule has 134 valence electrons. The van der Waals surface area contributed by atoms with Crippen LogP contribution in [0, 0.1) is 6.92 Å². The molecule has 1 saturated heterocycles. The summed E-state index contributed by atoms with van der Waals surface area (Å²) in [5, 5.41) is 1.15. The van der Waals surface area contributed by atoms with E-state index in [0.29, 0.717) is 18.8 Å². The van der Waals surface area contributed by atoms with Crippen molar-refractivity contribution in [2.45, 2.75) is 25.9 Å². The Hall–Kier alpha value is -2.82. The van der Waals surface area contributed by atoms with Gasteiger partial charge in [0.15, 0.2) is 0 Å². The van der Waals surface area contributed by atoms with E-state index in [1.54, 1.807) is 0 Å². The van der Waals surface area contributed by atoms with Crippen LogP contribution in [-0.4, -0.2) is 39.6 Å². The average Bonchev–Trinajstić information content (AvgIpc) is 3.21. The summed E-state index contributed by atoms with van der Waals surface area (Å²) in [6, 6.07) is 14.0. The van der Waals surface area contributed by atoms with E-state index < -0.39 is 0 Å². The molecule has 1 amide bonds. The van der Waals surface area contributed by atoms with Gasteiger partial charge in [-0.1, -0.05) is 24.3 Å². The zero-order valence-electron chi connectivity index (χ0n) is 15.2. The number of likely N-dealkylation sites (tertiary alicyclic amines) is 1. The fourth-order valence-electron chi connectivity index (χ4n) is 3.65. The van der Waals surface area contributed by atoms with Crippen LogP contribution < -0.4 is 4.74 Å². The maximum absolute atomic E-state index is 12.8. The Morgan fingerprint density at radius 3 is 2.92 bits per heavy atom. The highest BCUT2D eigenvalue weighted by molar-refractivity contribution is 5.89. The maximum Gasteiger partial charge on any atom is 0.227 e. The van der Waals surface area contributed by atoms with Crippen LogP contribution in [-0.2, 0) is 18.3 Å². The molecule has 0 radical (unpaired) electrons. The van der Waals surface area contributed by atoms with Gasteiger partial charge in [0.05, 0.1) is 13.0 Å². The summed E-state index contributed by atoms with van der Waals surface area (Å²) in [6.07, 6.45) is 3.34. The molecule has 5 nitrogen and oxygen atoms in total. The van der Waals surface area contributed by atoms with Crippen LogP contribution in [0.2, 0.25) is 0 Å². The maximum atomic E-state index is 12.8. The molecular weight excluding hydrogens is 326 g/mol. The number of ether oxygens (including phenoxy) is 1. The molecule has 1 aliphatic heterocycles. The molecule has 4 rings (SSSR count). The normalized spacial score (nSPS) is 17.0. The zero-order chi connectivity index (χ0) is 18.1. The molecule has 1 unspecified atom stereocenters. The number of fused-ring (bicyclic) bond motifs is 1. The molecule has 0 bridgehead atoms. The van der Waals surface area contributed by atoms with Crippen molar-refractivity contribution in [2.24, 2.45) is 7.05 Å². The van der Waals surface area contributed by atoms with Crippen LogP contribution in [0.15, 0.2) is 48.7 Å². The van der Waals surface area contributed by atoms with Crippen molar-refractivity contribution in [3.8, 4) is 5.88 Å². The molecule has 1 atom stereocenters. The first-order valence-corrected chi connectivity index (χ1v) is 9.01. The van der Waals surface area contributed by atoms with Crippen molar-refractivity contribution in [1.29, 1.82) is 0 Å². The second-order valence-corrected chi connectivity index (χ2v) is 6.94. The number of benzene rings is 1. The second-order valence-electron chi connectivity index (χ2n) is 6.94. The lowest BCUT2D eigenvalue weighted by atomic mass is 10.1. The van der Waals surface area contributed by atoms with Crippen LogP contribution >= 0.6 is 0 Å². The molecule has 0 spiro atoms. The SMILES string of the molecule is Cc1cccc(OC2CCN(C(=O)Cc3cn(C)c4ccccc34)C2)n1. The number of pyridine rings is 1. The van der Waals surface area contributed by atoms with Crippen LogP contribution in [0.4, 0.5) is 0 Å². The van der Waals surface area contributed by atoms with Gasteiger partial charge in [-0.3, -0.25) is 4.79 Å². The minimum absolute atomic E-state index is 0.0146. The van der Waals surface area contributed by atoms with E-state index in [-0.39, 0.29) is 12.0 Å². The summed E-state index contributed by atoms with van der Waals surface area (Å²) in [6.45, 7) is 3.31. The molecule has 2 aromatic heterocycles. The number of hydrogen-bond acceptors (Lipinski definition) is 3. The summed E-state index contributed by atoms with van der Waals surface area (Å²) >= 11 is 0. The largest absolute Gasteiger partial charge is 0.472 e. The number of aromatic nitrogens is 2. The van der Waals surface area contributed by atoms with Gasteiger partial charge in [-0.05, 0) is 24.6 Å². The third-order valence-corrected chi connectivity index (χ3v) is 4.97. The number of carbonyl (C=O) groups is 1. The van der Waals surface area contributed by atoms with Crippen molar-refractivity contribution >= 4 is 16.8 Å². The van der Waals surface area contributed by atoms with E-state index in [1.807, 2.05) is 49.2 Å². The lowest BCUT2D eigenvalue weighted by Crippen LogP contribution is -2.32. The van der Waals surface area contributed by atoms with E-state index in [2.05, 4.69) is 27.9 Å². The molecular formula is C21H23N3O2. The zero-order valence-corrected chi connectivity index (χ0v) is 15.2. The van der Waals surface area contributed by atoms with Gasteiger partial charge in [0.1, 0.15) is 6.10 Å². The molecule has 3 heterocycles. The Kier molecular flexibility index (Phi) is 4.37. The number of para-hydroxylation sites is 1. The Balaban J connectivity index is 1.41. The van der Waals surface area contributed by atoms with E-state index in [9.17, 15) is 4.79 Å². The number of amides is 1. The van der Waals surface area contributed by atoms with Crippen molar-refractivity contribution in [1.82, 2.24) is 14.5 Å². The monoisotopic (exact) mass is 349 g/mol. The molecule has 0 saturated carbocycles. The van der Waals surface area contributed by atoms with E-state index in [1.165, 1.54) is 0 Å². The number of nitrogens with zero attached hydrogens (tertiary/aromatic N) is 3. The Morgan fingerprint density at radius 1 is 1.23 bits per heavy atom. The number of aryl methyl sites for hydroxylation is 2. The number of rotatable bonds is 4. The van der Waals surface area contributed by atoms with Gasteiger partial charge in [-0.2, -0.15) is 0 Å². The Labute approximate surface area is 153 Å². The van der Waals surface area contributed by atoms with Crippen molar-refractivity contribution in [3.05, 3.63) is 59.9 Å². The highest BCUT2D eigenvalue weighted by atomic mass is 16.5. The average molecular weight is 349 g/mol. The van der Waals surface area contributed by atoms with Gasteiger partial charge in [0.2, 0.25) is 11.8 Å². The molecule has 1 aromatic carbocycles. The third kappa shape index (κ3) is 3.29. The molecule has 1 fully saturated rings. The Morgan fingerprint density at radius 2 is 2.08 bits per heavy atom. The molecule has 26 heavy (non-hydrogen) atoms. The fraction of sp³-hybridized carbons (Fsp3) is 0.333. The first kappa shape index (κ1) is 16.6. The predicted molar refractivity (Wildman–Crippen MR) is 101 cm³/mol. The summed E-state index contributed by atoms with van der Waals surface area (Å²) in [5.74, 6) is 0.794. The van der Waals surface area contributed by atoms with Gasteiger partial charge in [0, 0.05) is 48.9 Å². The molecule has 1 aliphatic rings. The number of hydrogen-bond donors (Lipinski definition) is 0. The van der Waals surface area contributed by atoms with Crippen LogP contribution in [0.5, 0.6) is 5.88 Å². The smallest absolute Gasteiger partial charge is 0.227 e. The highest BCUT2D eigenvalue weighted by Gasteiger charge is 2.28. The summed E-state index contributed by atoms with van der Waals surface area (Å²) in [7, 11) is 2.02. The highest BCUT2D eigenvalue weighted by Crippen LogP contribution is 2.23. The first-order chi connectivity index (χ1) is 12.6. The van der Waals surface area contributed by atoms with E-state index in [4.69, 9.17) is 4.74 Å². The summed E-state index contributed by atoms with van der Waals surface area (Å²) in [5.41, 5.74) is 3.17. The van der Waals surface area contributed by atoms with Crippen LogP contribution in [0.25, 0.3) is 10.9 Å². The first-order valence-electron chi connectivity index (χ1n) is 9.01. The van der Waals surface area contributed by atoms with E-state index in [0.717, 1.165) is 35.1 Å². The van der Waals surface area contributed by atoms with Gasteiger partial charge >= 0.3 is 0 Å². The number of carbonyl (C=O) groups excluding carboxylic acids is 1. The molecule has 0 aliphatic carbocycles. The predicted octanol–water partition coefficient (Wildman–Crippen LogP) is 3.10. The van der Waals surface area contributed by atoms with Gasteiger partial charge < -0.3 is 14.2 Å². The lowest BCUT2D eigenvalue weighted by Gasteiger charge is -2.17. The summed E-state index contributed by atoms with van der Waals surface area (Å²) < 4.78 is 8.03. The lowest BCUT2D eigenvalue weighted by molar-refractivity contribution is -0.129. The van der Waals surface area contributed by atoms with Crippen LogP contribution in [0.1, 0.15) is 17.7 Å². The second kappa shape index (κ2) is 6.83. The quantitative estimate of drug-likeness (QED) is 0.727.